The van der Waals surface area contributed by atoms with Crippen molar-refractivity contribution in [1.29, 1.82) is 0 Å². The normalized spacial score (nSPS) is 32.0. The summed E-state index contributed by atoms with van der Waals surface area (Å²) in [5.41, 5.74) is 3.20. The highest BCUT2D eigenvalue weighted by atomic mass is 16.3. The Kier molecular flexibility index (Phi) is 5.77. The largest absolute Gasteiger partial charge is 0.395 e. The molecule has 6 nitrogen and oxygen atoms in total. The number of aryl methyl sites for hydroxylation is 1. The van der Waals surface area contributed by atoms with Gasteiger partial charge in [0.05, 0.1) is 17.8 Å². The van der Waals surface area contributed by atoms with Gasteiger partial charge in [-0.3, -0.25) is 4.79 Å². The quantitative estimate of drug-likeness (QED) is 0.573. The van der Waals surface area contributed by atoms with Crippen LogP contribution in [0.2, 0.25) is 0 Å². The van der Waals surface area contributed by atoms with E-state index in [2.05, 4.69) is 46.7 Å². The fourth-order valence-electron chi connectivity index (χ4n) is 8.08. The van der Waals surface area contributed by atoms with Gasteiger partial charge in [0, 0.05) is 37.5 Å². The molecule has 182 valence electrons. The van der Waals surface area contributed by atoms with Crippen molar-refractivity contribution in [3.05, 3.63) is 29.8 Å². The number of hydrogen-bond donors (Lipinski definition) is 3. The van der Waals surface area contributed by atoms with Gasteiger partial charge in [-0.15, -0.1) is 0 Å². The van der Waals surface area contributed by atoms with E-state index in [1.807, 2.05) is 0 Å². The summed E-state index contributed by atoms with van der Waals surface area (Å²) in [7, 11) is 0. The van der Waals surface area contributed by atoms with Gasteiger partial charge in [0.25, 0.3) is 0 Å². The standard InChI is InChI=1S/C28H38N4O2/c1-18-2-4-24-23(3-5-25(30-24)32-8-6-22(17-32)29-7-9-33)27(18)31-26(34)16-28-13-19-10-20(14-28)12-21(11-19)15-28/h2-5,19-22,29,33H,6-17H2,1H3,(H,31,34)/t19?,20?,21?,22-,28?/m0/s1. The minimum absolute atomic E-state index is 0.168. The van der Waals surface area contributed by atoms with Gasteiger partial charge in [-0.1, -0.05) is 6.07 Å². The van der Waals surface area contributed by atoms with Crippen LogP contribution in [0.1, 0.15) is 56.9 Å². The Morgan fingerprint density at radius 1 is 1.12 bits per heavy atom. The zero-order valence-electron chi connectivity index (χ0n) is 20.4. The van der Waals surface area contributed by atoms with Gasteiger partial charge in [-0.05, 0) is 98.8 Å². The lowest BCUT2D eigenvalue weighted by Crippen LogP contribution is -2.47. The average molecular weight is 463 g/mol. The maximum atomic E-state index is 13.3. The van der Waals surface area contributed by atoms with Gasteiger partial charge in [-0.25, -0.2) is 4.98 Å². The van der Waals surface area contributed by atoms with Crippen molar-refractivity contribution < 1.29 is 9.90 Å². The molecular formula is C28H38N4O2. The Morgan fingerprint density at radius 3 is 2.56 bits per heavy atom. The molecule has 5 fully saturated rings. The van der Waals surface area contributed by atoms with Gasteiger partial charge in [-0.2, -0.15) is 0 Å². The van der Waals surface area contributed by atoms with Crippen LogP contribution in [0.3, 0.4) is 0 Å². The van der Waals surface area contributed by atoms with Crippen LogP contribution < -0.4 is 15.5 Å². The maximum absolute atomic E-state index is 13.3. The number of aromatic nitrogens is 1. The number of nitrogens with zero attached hydrogens (tertiary/aromatic N) is 2. The average Bonchev–Trinajstić information content (AvgIpc) is 3.27. The lowest BCUT2D eigenvalue weighted by Gasteiger charge is -2.56. The molecule has 1 atom stereocenters. The number of carbonyl (C=O) groups excluding carboxylic acids is 1. The topological polar surface area (TPSA) is 77.5 Å². The minimum Gasteiger partial charge on any atom is -0.395 e. The van der Waals surface area contributed by atoms with Crippen LogP contribution in [0.4, 0.5) is 11.5 Å². The van der Waals surface area contributed by atoms with Gasteiger partial charge < -0.3 is 20.6 Å². The van der Waals surface area contributed by atoms with Crippen molar-refractivity contribution in [1.82, 2.24) is 10.3 Å². The number of pyridine rings is 1. The van der Waals surface area contributed by atoms with E-state index in [1.165, 1.54) is 38.5 Å². The van der Waals surface area contributed by atoms with E-state index in [1.54, 1.807) is 0 Å². The summed E-state index contributed by atoms with van der Waals surface area (Å²) in [6.07, 6.45) is 9.74. The molecule has 7 rings (SSSR count). The summed E-state index contributed by atoms with van der Waals surface area (Å²) in [6, 6.07) is 8.75. The number of anilines is 2. The lowest BCUT2D eigenvalue weighted by atomic mass is 9.49. The van der Waals surface area contributed by atoms with Crippen molar-refractivity contribution in [2.45, 2.75) is 64.3 Å². The monoisotopic (exact) mass is 462 g/mol. The summed E-state index contributed by atoms with van der Waals surface area (Å²) >= 11 is 0. The first-order chi connectivity index (χ1) is 16.5. The lowest BCUT2D eigenvalue weighted by molar-refractivity contribution is -0.124. The van der Waals surface area contributed by atoms with E-state index in [4.69, 9.17) is 10.1 Å². The van der Waals surface area contributed by atoms with E-state index in [0.717, 1.165) is 65.2 Å². The van der Waals surface area contributed by atoms with Crippen LogP contribution in [0.25, 0.3) is 10.9 Å². The Morgan fingerprint density at radius 2 is 1.85 bits per heavy atom. The second-order valence-electron chi connectivity index (χ2n) is 11.7. The summed E-state index contributed by atoms with van der Waals surface area (Å²) in [4.78, 5) is 20.6. The molecule has 2 aromatic rings. The highest BCUT2D eigenvalue weighted by molar-refractivity contribution is 6.02. The van der Waals surface area contributed by atoms with Crippen molar-refractivity contribution in [2.75, 3.05) is 36.5 Å². The fourth-order valence-corrected chi connectivity index (χ4v) is 8.08. The number of fused-ring (bicyclic) bond motifs is 1. The molecule has 0 spiro atoms. The molecule has 2 heterocycles. The summed E-state index contributed by atoms with van der Waals surface area (Å²) in [6.45, 7) is 4.74. The smallest absolute Gasteiger partial charge is 0.224 e. The van der Waals surface area contributed by atoms with Crippen LogP contribution in [0.15, 0.2) is 24.3 Å². The third-order valence-electron chi connectivity index (χ3n) is 9.09. The fraction of sp³-hybridized carbons (Fsp3) is 0.643. The van der Waals surface area contributed by atoms with Crippen molar-refractivity contribution >= 4 is 28.3 Å². The minimum atomic E-state index is 0.168. The summed E-state index contributed by atoms with van der Waals surface area (Å²) in [5, 5.41) is 16.8. The van der Waals surface area contributed by atoms with Gasteiger partial charge in [0.2, 0.25) is 5.91 Å². The first kappa shape index (κ1) is 22.3. The molecule has 6 heteroatoms. The van der Waals surface area contributed by atoms with Gasteiger partial charge in [0.15, 0.2) is 0 Å². The zero-order valence-corrected chi connectivity index (χ0v) is 20.4. The van der Waals surface area contributed by atoms with Crippen LogP contribution in [0.5, 0.6) is 0 Å². The van der Waals surface area contributed by atoms with Crippen molar-refractivity contribution in [2.24, 2.45) is 23.2 Å². The number of aliphatic hydroxyl groups excluding tert-OH is 1. The van der Waals surface area contributed by atoms with E-state index in [0.29, 0.717) is 19.0 Å². The first-order valence-corrected chi connectivity index (χ1v) is 13.3. The first-order valence-electron chi connectivity index (χ1n) is 13.3. The maximum Gasteiger partial charge on any atom is 0.224 e. The molecule has 1 aliphatic heterocycles. The van der Waals surface area contributed by atoms with Crippen LogP contribution in [-0.2, 0) is 4.79 Å². The molecule has 4 bridgehead atoms. The number of benzene rings is 1. The SMILES string of the molecule is Cc1ccc2nc(N3CC[C@H](NCCO)C3)ccc2c1NC(=O)CC12CC3CC(CC(C3)C1)C2. The molecule has 4 aliphatic carbocycles. The molecule has 1 amide bonds. The Bertz CT molecular complexity index is 1050. The molecule has 0 radical (unpaired) electrons. The Labute approximate surface area is 202 Å². The molecule has 5 aliphatic rings. The highest BCUT2D eigenvalue weighted by Gasteiger charge is 2.51. The van der Waals surface area contributed by atoms with Gasteiger partial charge in [0.1, 0.15) is 5.82 Å². The van der Waals surface area contributed by atoms with Crippen LogP contribution >= 0.6 is 0 Å². The van der Waals surface area contributed by atoms with Crippen molar-refractivity contribution in [3.8, 4) is 0 Å². The molecule has 34 heavy (non-hydrogen) atoms. The number of nitrogens with one attached hydrogen (secondary N) is 2. The number of carbonyl (C=O) groups is 1. The summed E-state index contributed by atoms with van der Waals surface area (Å²) < 4.78 is 0. The molecule has 1 aromatic heterocycles. The van der Waals surface area contributed by atoms with E-state index >= 15 is 0 Å². The number of amides is 1. The van der Waals surface area contributed by atoms with E-state index < -0.39 is 0 Å². The molecule has 0 unspecified atom stereocenters. The Hall–Kier alpha value is -2.18. The van der Waals surface area contributed by atoms with Crippen LogP contribution in [-0.4, -0.2) is 48.3 Å². The number of rotatable bonds is 7. The predicted octanol–water partition coefficient (Wildman–Crippen LogP) is 4.25. The highest BCUT2D eigenvalue weighted by Crippen LogP contribution is 2.61. The third-order valence-corrected chi connectivity index (χ3v) is 9.09. The number of hydrogen-bond acceptors (Lipinski definition) is 5. The predicted molar refractivity (Wildman–Crippen MR) is 136 cm³/mol. The molecule has 3 N–H and O–H groups in total. The second-order valence-corrected chi connectivity index (χ2v) is 11.7. The molecular weight excluding hydrogens is 424 g/mol. The van der Waals surface area contributed by atoms with E-state index in [9.17, 15) is 4.79 Å². The molecule has 1 aromatic carbocycles. The van der Waals surface area contributed by atoms with Crippen LogP contribution in [0, 0.1) is 30.1 Å². The van der Waals surface area contributed by atoms with E-state index in [-0.39, 0.29) is 17.9 Å². The molecule has 1 saturated heterocycles. The molecule has 4 saturated carbocycles. The number of aliphatic hydroxyl groups is 1. The zero-order chi connectivity index (χ0) is 23.3. The van der Waals surface area contributed by atoms with Crippen molar-refractivity contribution in [3.63, 3.8) is 0 Å². The Balaban J connectivity index is 1.18. The second kappa shape index (κ2) is 8.80. The summed E-state index contributed by atoms with van der Waals surface area (Å²) in [5.74, 6) is 3.76. The third kappa shape index (κ3) is 4.20. The van der Waals surface area contributed by atoms with Gasteiger partial charge >= 0.3 is 0 Å².